The van der Waals surface area contributed by atoms with Gasteiger partial charge >= 0.3 is 0 Å². The van der Waals surface area contributed by atoms with Gasteiger partial charge < -0.3 is 0 Å². The van der Waals surface area contributed by atoms with E-state index in [1.54, 1.807) is 12.1 Å². The van der Waals surface area contributed by atoms with E-state index < -0.39 is 5.24 Å². The Kier molecular flexibility index (Phi) is 2.85. The summed E-state index contributed by atoms with van der Waals surface area (Å²) in [5.41, 5.74) is 1.12. The molecule has 0 amide bonds. The highest BCUT2D eigenvalue weighted by Gasteiger charge is 2.00. The number of halogens is 2. The number of carbonyl (C=O) groups excluding carboxylic acids is 1. The van der Waals surface area contributed by atoms with E-state index in [-0.39, 0.29) is 0 Å². The summed E-state index contributed by atoms with van der Waals surface area (Å²) >= 11 is 10.7. The summed E-state index contributed by atoms with van der Waals surface area (Å²) in [6.07, 6.45) is 1.41. The van der Waals surface area contributed by atoms with Crippen molar-refractivity contribution in [2.24, 2.45) is 0 Å². The summed E-state index contributed by atoms with van der Waals surface area (Å²) in [6.45, 7) is 0. The zero-order chi connectivity index (χ0) is 8.27. The van der Waals surface area contributed by atoms with Crippen molar-refractivity contribution < 1.29 is 4.79 Å². The molecule has 0 spiro atoms. The fourth-order valence-electron chi connectivity index (χ4n) is 0.620. The average molecular weight is 190 g/mol. The minimum atomic E-state index is -0.501. The Morgan fingerprint density at radius 2 is 2.27 bits per heavy atom. The summed E-state index contributed by atoms with van der Waals surface area (Å²) in [6, 6.07) is 3.27. The van der Waals surface area contributed by atoms with E-state index in [0.29, 0.717) is 11.4 Å². The summed E-state index contributed by atoms with van der Waals surface area (Å²) < 4.78 is 0. The number of aromatic nitrogens is 1. The molecule has 4 heteroatoms. The Balaban J connectivity index is 2.91. The normalized spacial score (nSPS) is 9.64. The molecule has 0 bridgehead atoms. The van der Waals surface area contributed by atoms with E-state index in [1.165, 1.54) is 6.20 Å². The lowest BCUT2D eigenvalue weighted by Gasteiger charge is -1.94. The molecule has 2 nitrogen and oxygen atoms in total. The van der Waals surface area contributed by atoms with Gasteiger partial charge in [0.25, 0.3) is 5.24 Å². The van der Waals surface area contributed by atoms with Gasteiger partial charge in [-0.2, -0.15) is 0 Å². The van der Waals surface area contributed by atoms with Gasteiger partial charge in [0.15, 0.2) is 0 Å². The third kappa shape index (κ3) is 2.17. The van der Waals surface area contributed by atoms with Crippen LogP contribution in [0, 0.1) is 0 Å². The lowest BCUT2D eigenvalue weighted by atomic mass is 10.3. The topological polar surface area (TPSA) is 30.0 Å². The van der Waals surface area contributed by atoms with E-state index in [0.717, 1.165) is 5.69 Å². The highest BCUT2D eigenvalue weighted by molar-refractivity contribution is 6.67. The molecule has 0 aliphatic heterocycles. The second-order valence-electron chi connectivity index (χ2n) is 1.95. The number of nitrogens with zero attached hydrogens (tertiary/aromatic N) is 1. The maximum atomic E-state index is 10.5. The van der Waals surface area contributed by atoms with Crippen molar-refractivity contribution in [1.29, 1.82) is 0 Å². The lowest BCUT2D eigenvalue weighted by Crippen LogP contribution is -1.91. The Morgan fingerprint density at radius 1 is 1.55 bits per heavy atom. The minimum Gasteiger partial charge on any atom is -0.276 e. The molecule has 0 aliphatic carbocycles. The minimum absolute atomic E-state index is 0.344. The van der Waals surface area contributed by atoms with Crippen LogP contribution in [0.5, 0.6) is 0 Å². The van der Waals surface area contributed by atoms with Gasteiger partial charge in [-0.3, -0.25) is 9.78 Å². The van der Waals surface area contributed by atoms with Crippen molar-refractivity contribution in [2.75, 3.05) is 0 Å². The maximum Gasteiger partial charge on any atom is 0.253 e. The molecule has 0 unspecified atom stereocenters. The molecule has 1 aromatic heterocycles. The first-order valence-corrected chi connectivity index (χ1v) is 3.86. The molecule has 11 heavy (non-hydrogen) atoms. The second-order valence-corrected chi connectivity index (χ2v) is 2.56. The summed E-state index contributed by atoms with van der Waals surface area (Å²) in [4.78, 5) is 14.4. The van der Waals surface area contributed by atoms with Crippen LogP contribution >= 0.6 is 23.2 Å². The van der Waals surface area contributed by atoms with Crippen LogP contribution in [-0.2, 0) is 5.88 Å². The van der Waals surface area contributed by atoms with Crippen LogP contribution in [0.15, 0.2) is 18.3 Å². The van der Waals surface area contributed by atoms with Crippen molar-refractivity contribution in [3.05, 3.63) is 29.6 Å². The molecule has 58 valence electrons. The van der Waals surface area contributed by atoms with Crippen molar-refractivity contribution in [1.82, 2.24) is 4.98 Å². The molecule has 0 radical (unpaired) electrons. The molecule has 1 aromatic rings. The molecule has 0 fully saturated rings. The first kappa shape index (κ1) is 8.50. The first-order valence-electron chi connectivity index (χ1n) is 2.95. The molecular formula is C7H5Cl2NO. The third-order valence-corrected chi connectivity index (χ3v) is 1.68. The molecule has 1 rings (SSSR count). The van der Waals surface area contributed by atoms with Crippen molar-refractivity contribution in [2.45, 2.75) is 5.88 Å². The highest BCUT2D eigenvalue weighted by atomic mass is 35.5. The summed E-state index contributed by atoms with van der Waals surface area (Å²) in [7, 11) is 0. The Hall–Kier alpha value is -0.600. The van der Waals surface area contributed by atoms with Gasteiger partial charge in [-0.15, -0.1) is 11.6 Å². The Morgan fingerprint density at radius 3 is 2.64 bits per heavy atom. The van der Waals surface area contributed by atoms with Gasteiger partial charge in [-0.1, -0.05) is 0 Å². The molecule has 0 saturated carbocycles. The van der Waals surface area contributed by atoms with Crippen molar-refractivity contribution in [3.63, 3.8) is 0 Å². The van der Waals surface area contributed by atoms with Crippen LogP contribution in [0.25, 0.3) is 0 Å². The van der Waals surface area contributed by atoms with E-state index in [2.05, 4.69) is 4.98 Å². The first-order chi connectivity index (χ1) is 5.24. The summed E-state index contributed by atoms with van der Waals surface area (Å²) in [5, 5.41) is -0.501. The van der Waals surface area contributed by atoms with Gasteiger partial charge in [-0.05, 0) is 23.7 Å². The third-order valence-electron chi connectivity index (χ3n) is 1.19. The molecule has 0 atom stereocenters. The van der Waals surface area contributed by atoms with Gasteiger partial charge in [0.2, 0.25) is 0 Å². The van der Waals surface area contributed by atoms with Crippen molar-refractivity contribution in [3.8, 4) is 0 Å². The van der Waals surface area contributed by atoms with Crippen LogP contribution in [0.1, 0.15) is 16.1 Å². The lowest BCUT2D eigenvalue weighted by molar-refractivity contribution is 0.108. The predicted octanol–water partition coefficient (Wildman–Crippen LogP) is 2.20. The Bertz CT molecular complexity index is 258. The van der Waals surface area contributed by atoms with E-state index >= 15 is 0 Å². The van der Waals surface area contributed by atoms with E-state index in [9.17, 15) is 4.79 Å². The van der Waals surface area contributed by atoms with Crippen LogP contribution in [0.2, 0.25) is 0 Å². The maximum absolute atomic E-state index is 10.5. The molecule has 1 heterocycles. The number of carbonyl (C=O) groups is 1. The number of hydrogen-bond acceptors (Lipinski definition) is 2. The largest absolute Gasteiger partial charge is 0.276 e. The van der Waals surface area contributed by atoms with Crippen LogP contribution in [-0.4, -0.2) is 10.2 Å². The predicted molar refractivity (Wildman–Crippen MR) is 44.0 cm³/mol. The van der Waals surface area contributed by atoms with Crippen molar-refractivity contribution >= 4 is 28.4 Å². The van der Waals surface area contributed by atoms with Gasteiger partial charge in [0, 0.05) is 6.20 Å². The molecule has 0 N–H and O–H groups in total. The van der Waals surface area contributed by atoms with E-state index in [1.807, 2.05) is 0 Å². The average Bonchev–Trinajstić information content (AvgIpc) is 2.05. The molecular weight excluding hydrogens is 185 g/mol. The molecule has 0 aromatic carbocycles. The molecule has 0 aliphatic rings. The zero-order valence-corrected chi connectivity index (χ0v) is 7.06. The quantitative estimate of drug-likeness (QED) is 0.528. The van der Waals surface area contributed by atoms with Crippen LogP contribution in [0.4, 0.5) is 0 Å². The monoisotopic (exact) mass is 189 g/mol. The smallest absolute Gasteiger partial charge is 0.253 e. The number of alkyl halides is 1. The van der Waals surface area contributed by atoms with Crippen LogP contribution < -0.4 is 0 Å². The van der Waals surface area contributed by atoms with Crippen LogP contribution in [0.3, 0.4) is 0 Å². The summed E-state index contributed by atoms with van der Waals surface area (Å²) in [5.74, 6) is 0.344. The Labute approximate surface area is 74.1 Å². The fraction of sp³-hybridized carbons (Fsp3) is 0.143. The van der Waals surface area contributed by atoms with Gasteiger partial charge in [0.05, 0.1) is 17.1 Å². The number of rotatable bonds is 2. The molecule has 0 saturated heterocycles. The number of pyridine rings is 1. The highest BCUT2D eigenvalue weighted by Crippen LogP contribution is 2.04. The van der Waals surface area contributed by atoms with E-state index in [4.69, 9.17) is 23.2 Å². The standard InChI is InChI=1S/C7H5Cl2NO/c8-3-6-2-1-5(4-10-6)7(9)11/h1-2,4H,3H2. The SMILES string of the molecule is O=C(Cl)c1ccc(CCl)nc1. The zero-order valence-electron chi connectivity index (χ0n) is 5.55. The number of hydrogen-bond donors (Lipinski definition) is 0. The second kappa shape index (κ2) is 3.69. The van der Waals surface area contributed by atoms with Gasteiger partial charge in [0.1, 0.15) is 0 Å². The fourth-order valence-corrected chi connectivity index (χ4v) is 0.890. The van der Waals surface area contributed by atoms with Gasteiger partial charge in [-0.25, -0.2) is 0 Å².